The van der Waals surface area contributed by atoms with Gasteiger partial charge in [0.1, 0.15) is 12.2 Å². The van der Waals surface area contributed by atoms with Gasteiger partial charge < -0.3 is 0 Å². The molecule has 4 nitrogen and oxygen atoms in total. The average Bonchev–Trinajstić information content (AvgIpc) is 2.85. The summed E-state index contributed by atoms with van der Waals surface area (Å²) >= 11 is 1.58. The van der Waals surface area contributed by atoms with Gasteiger partial charge in [0, 0.05) is 17.0 Å². The van der Waals surface area contributed by atoms with Crippen molar-refractivity contribution in [3.05, 3.63) is 42.0 Å². The highest BCUT2D eigenvalue weighted by Gasteiger charge is 2.14. The van der Waals surface area contributed by atoms with E-state index >= 15 is 0 Å². The number of carbonyl (C=O) groups excluding carboxylic acids is 1. The van der Waals surface area contributed by atoms with Crippen molar-refractivity contribution in [3.63, 3.8) is 0 Å². The third kappa shape index (κ3) is 2.61. The highest BCUT2D eigenvalue weighted by Crippen LogP contribution is 2.21. The second kappa shape index (κ2) is 5.82. The van der Waals surface area contributed by atoms with E-state index in [-0.39, 0.29) is 5.78 Å². The second-order valence-electron chi connectivity index (χ2n) is 3.79. The van der Waals surface area contributed by atoms with Gasteiger partial charge >= 0.3 is 0 Å². The van der Waals surface area contributed by atoms with E-state index in [0.29, 0.717) is 6.42 Å². The first-order chi connectivity index (χ1) is 8.76. The van der Waals surface area contributed by atoms with Gasteiger partial charge in [-0.15, -0.1) is 11.8 Å². The van der Waals surface area contributed by atoms with E-state index in [1.807, 2.05) is 37.4 Å². The fraction of sp³-hybridized carbons (Fsp3) is 0.308. The van der Waals surface area contributed by atoms with Crippen LogP contribution in [0.4, 0.5) is 0 Å². The Bertz CT molecular complexity index is 551. The second-order valence-corrected chi connectivity index (χ2v) is 4.64. The number of rotatable bonds is 5. The first kappa shape index (κ1) is 12.8. The molecule has 0 unspecified atom stereocenters. The Morgan fingerprint density at radius 1 is 1.39 bits per heavy atom. The van der Waals surface area contributed by atoms with Crippen LogP contribution in [0.3, 0.4) is 0 Å². The number of hydrogen-bond donors (Lipinski definition) is 0. The standard InChI is InChI=1S/C13H15N3OS/c1-3-16-13(14-9-15-16)8-11(17)10-6-4-5-7-12(10)18-2/h4-7,9H,3,8H2,1-2H3. The largest absolute Gasteiger partial charge is 0.294 e. The summed E-state index contributed by atoms with van der Waals surface area (Å²) in [5.41, 5.74) is 0.760. The van der Waals surface area contributed by atoms with Gasteiger partial charge in [-0.2, -0.15) is 5.10 Å². The normalized spacial score (nSPS) is 10.6. The first-order valence-electron chi connectivity index (χ1n) is 5.79. The fourth-order valence-electron chi connectivity index (χ4n) is 1.80. The van der Waals surface area contributed by atoms with Crippen LogP contribution in [0.15, 0.2) is 35.5 Å². The molecule has 0 atom stereocenters. The summed E-state index contributed by atoms with van der Waals surface area (Å²) in [7, 11) is 0. The third-order valence-electron chi connectivity index (χ3n) is 2.72. The number of Topliss-reactive ketones (excluding diaryl/α,β-unsaturated/α-hetero) is 1. The van der Waals surface area contributed by atoms with Crippen LogP contribution in [0.25, 0.3) is 0 Å². The SMILES string of the molecule is CCn1ncnc1CC(=O)c1ccccc1SC. The lowest BCUT2D eigenvalue weighted by molar-refractivity contribution is 0.0986. The zero-order valence-corrected chi connectivity index (χ0v) is 11.3. The number of aryl methyl sites for hydroxylation is 1. The van der Waals surface area contributed by atoms with E-state index in [9.17, 15) is 4.79 Å². The van der Waals surface area contributed by atoms with E-state index in [1.54, 1.807) is 16.4 Å². The number of carbonyl (C=O) groups is 1. The lowest BCUT2D eigenvalue weighted by Crippen LogP contribution is -2.11. The summed E-state index contributed by atoms with van der Waals surface area (Å²) < 4.78 is 1.75. The lowest BCUT2D eigenvalue weighted by atomic mass is 10.1. The van der Waals surface area contributed by atoms with E-state index in [2.05, 4.69) is 10.1 Å². The molecule has 0 N–H and O–H groups in total. The van der Waals surface area contributed by atoms with Crippen LogP contribution < -0.4 is 0 Å². The molecule has 0 radical (unpaired) electrons. The predicted octanol–water partition coefficient (Wildman–Crippen LogP) is 2.45. The summed E-state index contributed by atoms with van der Waals surface area (Å²) in [6.07, 6.45) is 3.76. The Labute approximate surface area is 110 Å². The number of benzene rings is 1. The van der Waals surface area contributed by atoms with Crippen molar-refractivity contribution in [2.75, 3.05) is 6.26 Å². The van der Waals surface area contributed by atoms with Gasteiger partial charge in [0.05, 0.1) is 6.42 Å². The minimum Gasteiger partial charge on any atom is -0.294 e. The molecule has 2 aromatic rings. The van der Waals surface area contributed by atoms with Crippen molar-refractivity contribution in [1.82, 2.24) is 14.8 Å². The van der Waals surface area contributed by atoms with Crippen LogP contribution in [0.2, 0.25) is 0 Å². The summed E-state index contributed by atoms with van der Waals surface area (Å²) in [6, 6.07) is 7.65. The van der Waals surface area contributed by atoms with Gasteiger partial charge in [-0.3, -0.25) is 4.79 Å². The van der Waals surface area contributed by atoms with Crippen molar-refractivity contribution in [3.8, 4) is 0 Å². The van der Waals surface area contributed by atoms with Crippen LogP contribution in [0.1, 0.15) is 23.1 Å². The number of nitrogens with zero attached hydrogens (tertiary/aromatic N) is 3. The molecule has 1 aromatic heterocycles. The van der Waals surface area contributed by atoms with Gasteiger partial charge in [-0.25, -0.2) is 9.67 Å². The van der Waals surface area contributed by atoms with Gasteiger partial charge in [0.15, 0.2) is 5.78 Å². The van der Waals surface area contributed by atoms with Crippen LogP contribution in [-0.2, 0) is 13.0 Å². The van der Waals surface area contributed by atoms with Crippen LogP contribution in [0.5, 0.6) is 0 Å². The molecular weight excluding hydrogens is 246 g/mol. The van der Waals surface area contributed by atoms with Gasteiger partial charge in [-0.05, 0) is 19.2 Å². The van der Waals surface area contributed by atoms with Crippen LogP contribution in [0, 0.1) is 0 Å². The van der Waals surface area contributed by atoms with Crippen molar-refractivity contribution in [2.24, 2.45) is 0 Å². The summed E-state index contributed by atoms with van der Waals surface area (Å²) in [6.45, 7) is 2.71. The van der Waals surface area contributed by atoms with Crippen molar-refractivity contribution in [2.45, 2.75) is 24.8 Å². The smallest absolute Gasteiger partial charge is 0.171 e. The molecule has 1 aromatic carbocycles. The summed E-state index contributed by atoms with van der Waals surface area (Å²) in [5, 5.41) is 4.07. The molecule has 0 aliphatic rings. The molecule has 0 spiro atoms. The molecule has 94 valence electrons. The minimum atomic E-state index is 0.0858. The maximum absolute atomic E-state index is 12.3. The molecular formula is C13H15N3OS. The molecule has 5 heteroatoms. The fourth-order valence-corrected chi connectivity index (χ4v) is 2.42. The Morgan fingerprint density at radius 3 is 2.89 bits per heavy atom. The average molecular weight is 261 g/mol. The molecule has 0 saturated carbocycles. The van der Waals surface area contributed by atoms with Gasteiger partial charge in [0.25, 0.3) is 0 Å². The Hall–Kier alpha value is -1.62. The molecule has 1 heterocycles. The number of hydrogen-bond acceptors (Lipinski definition) is 4. The van der Waals surface area contributed by atoms with Crippen LogP contribution >= 0.6 is 11.8 Å². The van der Waals surface area contributed by atoms with Crippen molar-refractivity contribution < 1.29 is 4.79 Å². The maximum atomic E-state index is 12.3. The molecule has 0 aliphatic heterocycles. The van der Waals surface area contributed by atoms with E-state index in [4.69, 9.17) is 0 Å². The van der Waals surface area contributed by atoms with Crippen molar-refractivity contribution in [1.29, 1.82) is 0 Å². The number of thioether (sulfide) groups is 1. The Morgan fingerprint density at radius 2 is 2.17 bits per heavy atom. The third-order valence-corrected chi connectivity index (χ3v) is 3.52. The number of ketones is 1. The van der Waals surface area contributed by atoms with E-state index in [1.165, 1.54) is 6.33 Å². The quantitative estimate of drug-likeness (QED) is 0.612. The van der Waals surface area contributed by atoms with E-state index in [0.717, 1.165) is 22.8 Å². The molecule has 0 bridgehead atoms. The molecule has 0 fully saturated rings. The predicted molar refractivity (Wildman–Crippen MR) is 72.0 cm³/mol. The van der Waals surface area contributed by atoms with Crippen molar-refractivity contribution >= 4 is 17.5 Å². The highest BCUT2D eigenvalue weighted by molar-refractivity contribution is 7.98. The van der Waals surface area contributed by atoms with Crippen LogP contribution in [-0.4, -0.2) is 26.8 Å². The van der Waals surface area contributed by atoms with Gasteiger partial charge in [0.2, 0.25) is 0 Å². The Kier molecular flexibility index (Phi) is 4.15. The summed E-state index contributed by atoms with van der Waals surface area (Å²) in [5.74, 6) is 0.807. The van der Waals surface area contributed by atoms with Gasteiger partial charge in [-0.1, -0.05) is 18.2 Å². The zero-order valence-electron chi connectivity index (χ0n) is 10.5. The highest BCUT2D eigenvalue weighted by atomic mass is 32.2. The minimum absolute atomic E-state index is 0.0858. The molecule has 0 saturated heterocycles. The number of aromatic nitrogens is 3. The Balaban J connectivity index is 2.22. The zero-order chi connectivity index (χ0) is 13.0. The molecule has 18 heavy (non-hydrogen) atoms. The maximum Gasteiger partial charge on any atom is 0.171 e. The summed E-state index contributed by atoms with van der Waals surface area (Å²) in [4.78, 5) is 17.4. The topological polar surface area (TPSA) is 47.8 Å². The first-order valence-corrected chi connectivity index (χ1v) is 7.01. The van der Waals surface area contributed by atoms with E-state index < -0.39 is 0 Å². The molecule has 2 rings (SSSR count). The monoisotopic (exact) mass is 261 g/mol. The molecule has 0 aliphatic carbocycles. The molecule has 0 amide bonds. The lowest BCUT2D eigenvalue weighted by Gasteiger charge is -2.06.